The largest absolute Gasteiger partial charge is 0.339 e. The van der Waals surface area contributed by atoms with Crippen molar-refractivity contribution in [3.05, 3.63) is 0 Å². The van der Waals surface area contributed by atoms with Gasteiger partial charge in [0.25, 0.3) is 0 Å². The summed E-state index contributed by atoms with van der Waals surface area (Å²) in [6.45, 7) is 2.62. The molecular formula is C7H16N2Si. The van der Waals surface area contributed by atoms with Gasteiger partial charge in [-0.2, -0.15) is 0 Å². The molecule has 10 heavy (non-hydrogen) atoms. The minimum Gasteiger partial charge on any atom is -0.339 e. The van der Waals surface area contributed by atoms with Crippen LogP contribution >= 0.6 is 0 Å². The SMILES string of the molecule is N[Si]1(N2CCCC2)CCC1. The molecule has 0 radical (unpaired) electrons. The first-order valence-corrected chi connectivity index (χ1v) is 6.79. The molecule has 0 aromatic rings. The summed E-state index contributed by atoms with van der Waals surface area (Å²) in [6.07, 6.45) is 4.19. The summed E-state index contributed by atoms with van der Waals surface area (Å²) < 4.78 is 2.61. The van der Waals surface area contributed by atoms with Gasteiger partial charge in [0.15, 0.2) is 0 Å². The fourth-order valence-electron chi connectivity index (χ4n) is 2.02. The summed E-state index contributed by atoms with van der Waals surface area (Å²) in [4.78, 5) is 0. The van der Waals surface area contributed by atoms with Gasteiger partial charge >= 0.3 is 0 Å². The summed E-state index contributed by atoms with van der Waals surface area (Å²) in [5.74, 6) is 0. The zero-order valence-electron chi connectivity index (χ0n) is 6.47. The van der Waals surface area contributed by atoms with E-state index in [0.29, 0.717) is 0 Å². The van der Waals surface area contributed by atoms with Crippen LogP contribution in [0.3, 0.4) is 0 Å². The van der Waals surface area contributed by atoms with Gasteiger partial charge in [-0.1, -0.05) is 6.42 Å². The van der Waals surface area contributed by atoms with Gasteiger partial charge in [-0.25, -0.2) is 0 Å². The van der Waals surface area contributed by atoms with E-state index < -0.39 is 8.40 Å². The van der Waals surface area contributed by atoms with Crippen molar-refractivity contribution in [2.75, 3.05) is 13.1 Å². The van der Waals surface area contributed by atoms with Crippen molar-refractivity contribution < 1.29 is 0 Å². The third-order valence-electron chi connectivity index (χ3n) is 2.96. The monoisotopic (exact) mass is 156 g/mol. The molecule has 2 N–H and O–H groups in total. The summed E-state index contributed by atoms with van der Waals surface area (Å²) in [6, 6.07) is 2.74. The lowest BCUT2D eigenvalue weighted by atomic mass is 10.4. The molecule has 0 atom stereocenters. The maximum Gasteiger partial charge on any atom is 0.201 e. The quantitative estimate of drug-likeness (QED) is 0.571. The predicted octanol–water partition coefficient (Wildman–Crippen LogP) is 0.887. The summed E-state index contributed by atoms with van der Waals surface area (Å²) in [5.41, 5.74) is 0. The molecule has 2 aliphatic rings. The Morgan fingerprint density at radius 2 is 1.60 bits per heavy atom. The molecular weight excluding hydrogens is 140 g/mol. The first-order valence-electron chi connectivity index (χ1n) is 4.35. The van der Waals surface area contributed by atoms with Gasteiger partial charge in [0, 0.05) is 0 Å². The lowest BCUT2D eigenvalue weighted by molar-refractivity contribution is 0.483. The summed E-state index contributed by atoms with van der Waals surface area (Å²) in [7, 11) is -1.23. The number of nitrogens with zero attached hydrogens (tertiary/aromatic N) is 1. The van der Waals surface area contributed by atoms with E-state index in [2.05, 4.69) is 4.57 Å². The van der Waals surface area contributed by atoms with Gasteiger partial charge in [0.2, 0.25) is 8.40 Å². The smallest absolute Gasteiger partial charge is 0.201 e. The van der Waals surface area contributed by atoms with Gasteiger partial charge in [-0.05, 0) is 38.0 Å². The fourth-order valence-corrected chi connectivity index (χ4v) is 4.94. The first kappa shape index (κ1) is 6.82. The minimum absolute atomic E-state index is 1.23. The molecule has 3 heteroatoms. The van der Waals surface area contributed by atoms with Crippen LogP contribution in [0.25, 0.3) is 0 Å². The maximum atomic E-state index is 6.27. The van der Waals surface area contributed by atoms with Gasteiger partial charge in [-0.15, -0.1) is 0 Å². The molecule has 0 amide bonds. The van der Waals surface area contributed by atoms with Crippen LogP contribution in [0.1, 0.15) is 19.3 Å². The third kappa shape index (κ3) is 0.928. The van der Waals surface area contributed by atoms with Crippen LogP contribution in [-0.2, 0) is 0 Å². The molecule has 0 saturated carbocycles. The first-order chi connectivity index (χ1) is 4.81. The Labute approximate surface area is 63.6 Å². The van der Waals surface area contributed by atoms with E-state index in [-0.39, 0.29) is 0 Å². The van der Waals surface area contributed by atoms with Crippen molar-refractivity contribution >= 4 is 8.40 Å². The second-order valence-electron chi connectivity index (χ2n) is 3.65. The molecule has 0 aromatic carbocycles. The average Bonchev–Trinajstić information content (AvgIpc) is 2.33. The average molecular weight is 156 g/mol. The van der Waals surface area contributed by atoms with E-state index >= 15 is 0 Å². The van der Waals surface area contributed by atoms with Gasteiger partial charge in [0.1, 0.15) is 0 Å². The van der Waals surface area contributed by atoms with Crippen LogP contribution in [0.5, 0.6) is 0 Å². The molecule has 2 heterocycles. The molecule has 2 nitrogen and oxygen atoms in total. The van der Waals surface area contributed by atoms with Crippen molar-refractivity contribution in [1.29, 1.82) is 0 Å². The molecule has 0 aromatic heterocycles. The molecule has 0 unspecified atom stereocenters. The molecule has 2 fully saturated rings. The van der Waals surface area contributed by atoms with E-state index in [9.17, 15) is 0 Å². The predicted molar refractivity (Wildman–Crippen MR) is 45.0 cm³/mol. The Bertz CT molecular complexity index is 128. The zero-order valence-corrected chi connectivity index (χ0v) is 7.47. The Morgan fingerprint density at radius 1 is 1.00 bits per heavy atom. The topological polar surface area (TPSA) is 29.3 Å². The Balaban J connectivity index is 1.96. The highest BCUT2D eigenvalue weighted by molar-refractivity contribution is 6.76. The molecule has 2 rings (SSSR count). The Morgan fingerprint density at radius 3 is 2.00 bits per heavy atom. The van der Waals surface area contributed by atoms with E-state index in [1.807, 2.05) is 0 Å². The second-order valence-corrected chi connectivity index (χ2v) is 7.49. The van der Waals surface area contributed by atoms with Crippen molar-refractivity contribution in [3.8, 4) is 0 Å². The van der Waals surface area contributed by atoms with E-state index in [1.165, 1.54) is 44.4 Å². The highest BCUT2D eigenvalue weighted by atomic mass is 28.3. The standard InChI is InChI=1S/C7H16N2Si/c8-10(6-3-7-10)9-4-1-2-5-9/h1-8H2. The molecule has 2 aliphatic heterocycles. The highest BCUT2D eigenvalue weighted by Crippen LogP contribution is 2.32. The normalized spacial score (nSPS) is 32.1. The van der Waals surface area contributed by atoms with Crippen molar-refractivity contribution in [2.24, 2.45) is 5.40 Å². The second kappa shape index (κ2) is 2.32. The Kier molecular flexibility index (Phi) is 1.59. The van der Waals surface area contributed by atoms with E-state index in [4.69, 9.17) is 5.40 Å². The lowest BCUT2D eigenvalue weighted by Gasteiger charge is -2.42. The van der Waals surface area contributed by atoms with Crippen LogP contribution in [0.2, 0.25) is 12.1 Å². The van der Waals surface area contributed by atoms with Gasteiger partial charge in [0.05, 0.1) is 0 Å². The highest BCUT2D eigenvalue weighted by Gasteiger charge is 2.42. The maximum absolute atomic E-state index is 6.27. The fraction of sp³-hybridized carbons (Fsp3) is 1.00. The number of hydrogen-bond donors (Lipinski definition) is 1. The van der Waals surface area contributed by atoms with Gasteiger partial charge < -0.3 is 9.96 Å². The van der Waals surface area contributed by atoms with Crippen LogP contribution < -0.4 is 5.40 Å². The Hall–Kier alpha value is 0.137. The minimum atomic E-state index is -1.23. The van der Waals surface area contributed by atoms with E-state index in [1.54, 1.807) is 0 Å². The summed E-state index contributed by atoms with van der Waals surface area (Å²) in [5, 5.41) is 6.27. The molecule has 0 spiro atoms. The van der Waals surface area contributed by atoms with Crippen molar-refractivity contribution in [2.45, 2.75) is 31.4 Å². The van der Waals surface area contributed by atoms with Crippen LogP contribution in [0.15, 0.2) is 0 Å². The van der Waals surface area contributed by atoms with Crippen LogP contribution in [0.4, 0.5) is 0 Å². The number of rotatable bonds is 1. The molecule has 0 aliphatic carbocycles. The van der Waals surface area contributed by atoms with Crippen molar-refractivity contribution in [3.63, 3.8) is 0 Å². The number of nitrogens with two attached hydrogens (primary N) is 1. The number of hydrogen-bond acceptors (Lipinski definition) is 2. The molecule has 2 saturated heterocycles. The zero-order chi connectivity index (χ0) is 7.03. The van der Waals surface area contributed by atoms with Crippen molar-refractivity contribution in [1.82, 2.24) is 4.57 Å². The summed E-state index contributed by atoms with van der Waals surface area (Å²) >= 11 is 0. The third-order valence-corrected chi connectivity index (χ3v) is 7.10. The van der Waals surface area contributed by atoms with E-state index in [0.717, 1.165) is 0 Å². The van der Waals surface area contributed by atoms with Crippen LogP contribution in [-0.4, -0.2) is 26.1 Å². The van der Waals surface area contributed by atoms with Crippen LogP contribution in [0, 0.1) is 0 Å². The molecule has 0 bridgehead atoms. The molecule has 58 valence electrons. The lowest BCUT2D eigenvalue weighted by Crippen LogP contribution is -2.64. The van der Waals surface area contributed by atoms with Gasteiger partial charge in [-0.3, -0.25) is 0 Å².